The van der Waals surface area contributed by atoms with E-state index in [9.17, 15) is 84.9 Å². The molecule has 0 aliphatic heterocycles. The van der Waals surface area contributed by atoms with Gasteiger partial charge < -0.3 is 10.2 Å². The second-order valence-corrected chi connectivity index (χ2v) is 7.88. The van der Waals surface area contributed by atoms with Gasteiger partial charge in [0.05, 0.1) is 5.56 Å². The first-order chi connectivity index (χ1) is 18.1. The van der Waals surface area contributed by atoms with Crippen LogP contribution in [-0.4, -0.2) is 51.9 Å². The molecule has 0 heterocycles. The highest BCUT2D eigenvalue weighted by molar-refractivity contribution is 5.60. The van der Waals surface area contributed by atoms with Crippen LogP contribution >= 0.6 is 0 Å². The molecule has 2 aromatic carbocycles. The minimum atomic E-state index is -8.77. The van der Waals surface area contributed by atoms with Crippen molar-refractivity contribution < 1.29 is 84.9 Å². The van der Waals surface area contributed by atoms with Gasteiger partial charge in [0, 0.05) is 0 Å². The second kappa shape index (κ2) is 9.78. The van der Waals surface area contributed by atoms with Gasteiger partial charge >= 0.3 is 47.6 Å². The van der Waals surface area contributed by atoms with Gasteiger partial charge in [0.1, 0.15) is 22.9 Å². The number of hydrogen-bond acceptors (Lipinski definition) is 4. The van der Waals surface area contributed by atoms with Crippen molar-refractivity contribution in [2.75, 3.05) is 0 Å². The minimum Gasteiger partial charge on any atom is -0.506 e. The van der Waals surface area contributed by atoms with Crippen molar-refractivity contribution in [2.24, 2.45) is 10.2 Å². The third-order valence-electron chi connectivity index (χ3n) is 5.21. The Kier molecular flexibility index (Phi) is 8.03. The number of benzene rings is 2. The lowest BCUT2D eigenvalue weighted by Crippen LogP contribution is -2.74. The lowest BCUT2D eigenvalue weighted by Gasteiger charge is -2.42. The van der Waals surface area contributed by atoms with E-state index in [1.807, 2.05) is 0 Å². The summed E-state index contributed by atoms with van der Waals surface area (Å²) in [5, 5.41) is 25.0. The average molecular weight is 632 g/mol. The molecule has 0 bridgehead atoms. The van der Waals surface area contributed by atoms with E-state index >= 15 is 0 Å². The topological polar surface area (TPSA) is 65.2 Å². The Morgan fingerprint density at radius 1 is 0.439 bits per heavy atom. The van der Waals surface area contributed by atoms with Crippen molar-refractivity contribution in [3.05, 3.63) is 48.0 Å². The van der Waals surface area contributed by atoms with E-state index < -0.39 is 76.1 Å². The van der Waals surface area contributed by atoms with Crippen molar-refractivity contribution in [3.63, 3.8) is 0 Å². The highest BCUT2D eigenvalue weighted by Crippen LogP contribution is 2.65. The summed E-state index contributed by atoms with van der Waals surface area (Å²) in [4.78, 5) is 0. The quantitative estimate of drug-likeness (QED) is 0.214. The Morgan fingerprint density at radius 3 is 1.32 bits per heavy atom. The number of aromatic hydroxyl groups is 2. The zero-order chi connectivity index (χ0) is 32.3. The van der Waals surface area contributed by atoms with Crippen LogP contribution in [0.4, 0.5) is 86.0 Å². The fraction of sp³-hybridized carbons (Fsp3) is 0.400. The monoisotopic (exact) mass is 632 g/mol. The molecule has 2 N–H and O–H groups in total. The standard InChI is InChI=1S/C20H9F17N2O2/c21-13(22,8-4-3-7-11(41)12(8)39-38-9-5-1-2-6-10(9)40)14(23,24)15(25,26)16(27,28)17(29,30)18(31,32)19(33,34)20(35,36)37/h1-7,40-41H. The zero-order valence-corrected chi connectivity index (χ0v) is 18.8. The van der Waals surface area contributed by atoms with Crippen LogP contribution in [0.15, 0.2) is 52.7 Å². The number of nitrogens with zero attached hydrogens (tertiary/aromatic N) is 2. The third-order valence-corrected chi connectivity index (χ3v) is 5.21. The Bertz CT molecular complexity index is 1300. The molecule has 0 spiro atoms. The van der Waals surface area contributed by atoms with Crippen LogP contribution in [0.2, 0.25) is 0 Å². The molecule has 2 rings (SSSR count). The van der Waals surface area contributed by atoms with E-state index in [0.29, 0.717) is 6.07 Å². The van der Waals surface area contributed by atoms with Crippen LogP contribution in [0, 0.1) is 0 Å². The third kappa shape index (κ3) is 4.75. The summed E-state index contributed by atoms with van der Waals surface area (Å²) in [6.45, 7) is 0. The largest absolute Gasteiger partial charge is 0.506 e. The van der Waals surface area contributed by atoms with Gasteiger partial charge in [0.2, 0.25) is 0 Å². The molecule has 4 nitrogen and oxygen atoms in total. The van der Waals surface area contributed by atoms with E-state index in [2.05, 4.69) is 10.2 Å². The van der Waals surface area contributed by atoms with E-state index in [4.69, 9.17) is 0 Å². The highest BCUT2D eigenvalue weighted by Gasteiger charge is 2.95. The van der Waals surface area contributed by atoms with Gasteiger partial charge in [-0.25, -0.2) is 0 Å². The van der Waals surface area contributed by atoms with E-state index in [1.165, 1.54) is 0 Å². The van der Waals surface area contributed by atoms with Crippen LogP contribution < -0.4 is 0 Å². The summed E-state index contributed by atoms with van der Waals surface area (Å²) < 4.78 is 231. The molecule has 230 valence electrons. The highest BCUT2D eigenvalue weighted by atomic mass is 19.4. The van der Waals surface area contributed by atoms with Gasteiger partial charge in [0.25, 0.3) is 0 Å². The first-order valence-corrected chi connectivity index (χ1v) is 9.88. The fourth-order valence-corrected chi connectivity index (χ4v) is 2.88. The molecule has 0 amide bonds. The second-order valence-electron chi connectivity index (χ2n) is 7.88. The molecule has 0 saturated carbocycles. The lowest BCUT2D eigenvalue weighted by molar-refractivity contribution is -0.462. The van der Waals surface area contributed by atoms with Crippen molar-refractivity contribution >= 4 is 11.4 Å². The summed E-state index contributed by atoms with van der Waals surface area (Å²) in [6.07, 6.45) is -7.85. The first kappa shape index (κ1) is 33.7. The van der Waals surface area contributed by atoms with Crippen LogP contribution in [0.25, 0.3) is 0 Å². The molecular weight excluding hydrogens is 623 g/mol. The number of hydrogen-bond donors (Lipinski definition) is 2. The Balaban J connectivity index is 2.74. The summed E-state index contributed by atoms with van der Waals surface area (Å²) in [6, 6.07) is 4.12. The maximum atomic E-state index is 14.7. The maximum Gasteiger partial charge on any atom is 0.460 e. The summed E-state index contributed by atoms with van der Waals surface area (Å²) >= 11 is 0. The molecule has 0 radical (unpaired) electrons. The molecule has 0 fully saturated rings. The number of phenols is 2. The molecule has 0 saturated heterocycles. The van der Waals surface area contributed by atoms with E-state index in [0.717, 1.165) is 24.3 Å². The number of alkyl halides is 17. The number of para-hydroxylation sites is 1. The van der Waals surface area contributed by atoms with Crippen molar-refractivity contribution in [2.45, 2.75) is 47.6 Å². The summed E-state index contributed by atoms with van der Waals surface area (Å²) in [7, 11) is 0. The van der Waals surface area contributed by atoms with Gasteiger partial charge in [0.15, 0.2) is 0 Å². The Labute approximate surface area is 214 Å². The first-order valence-electron chi connectivity index (χ1n) is 9.88. The molecule has 0 aliphatic carbocycles. The van der Waals surface area contributed by atoms with Crippen LogP contribution in [0.3, 0.4) is 0 Å². The molecule has 0 atom stereocenters. The Morgan fingerprint density at radius 2 is 0.854 bits per heavy atom. The predicted octanol–water partition coefficient (Wildman–Crippen LogP) is 8.98. The average Bonchev–Trinajstić information content (AvgIpc) is 2.82. The molecule has 0 aliphatic rings. The molecule has 41 heavy (non-hydrogen) atoms. The number of rotatable bonds is 9. The maximum absolute atomic E-state index is 14.7. The van der Waals surface area contributed by atoms with Gasteiger partial charge in [-0.15, -0.1) is 10.2 Å². The number of azo groups is 1. The molecular formula is C20H9F17N2O2. The molecule has 2 aromatic rings. The van der Waals surface area contributed by atoms with E-state index in [-0.39, 0.29) is 12.1 Å². The van der Waals surface area contributed by atoms with Crippen LogP contribution in [0.5, 0.6) is 11.5 Å². The van der Waals surface area contributed by atoms with Crippen LogP contribution in [-0.2, 0) is 5.92 Å². The van der Waals surface area contributed by atoms with Gasteiger partial charge in [-0.1, -0.05) is 24.3 Å². The fourth-order valence-electron chi connectivity index (χ4n) is 2.88. The minimum absolute atomic E-state index is 0.149. The predicted molar refractivity (Wildman–Crippen MR) is 100 cm³/mol. The van der Waals surface area contributed by atoms with Gasteiger partial charge in [-0.3, -0.25) is 0 Å². The van der Waals surface area contributed by atoms with Crippen molar-refractivity contribution in [1.29, 1.82) is 0 Å². The molecule has 0 unspecified atom stereocenters. The normalized spacial score (nSPS) is 15.0. The zero-order valence-electron chi connectivity index (χ0n) is 18.8. The van der Waals surface area contributed by atoms with Crippen molar-refractivity contribution in [3.8, 4) is 11.5 Å². The SMILES string of the molecule is Oc1ccccc1N=Nc1c(O)cccc1C(F)(F)C(F)(F)C(F)(F)C(F)(F)C(F)(F)C(F)(F)C(F)(F)C(F)(F)F. The lowest BCUT2D eigenvalue weighted by atomic mass is 9.87. The smallest absolute Gasteiger partial charge is 0.460 e. The van der Waals surface area contributed by atoms with Crippen molar-refractivity contribution in [1.82, 2.24) is 0 Å². The van der Waals surface area contributed by atoms with Crippen LogP contribution in [0.1, 0.15) is 5.56 Å². The van der Waals surface area contributed by atoms with Gasteiger partial charge in [-0.05, 0) is 18.2 Å². The molecule has 0 aromatic heterocycles. The van der Waals surface area contributed by atoms with Gasteiger partial charge in [-0.2, -0.15) is 74.6 Å². The number of halogens is 17. The summed E-state index contributed by atoms with van der Waals surface area (Å²) in [5.74, 6) is -60.4. The Hall–Kier alpha value is -3.55. The molecule has 21 heteroatoms. The van der Waals surface area contributed by atoms with E-state index in [1.54, 1.807) is 0 Å². The number of phenolic OH excluding ortho intramolecular Hbond substituents is 2. The summed E-state index contributed by atoms with van der Waals surface area (Å²) in [5.41, 5.74) is -5.38.